The maximum Gasteiger partial charge on any atom is 0.220 e. The third kappa shape index (κ3) is 3.80. The van der Waals surface area contributed by atoms with Gasteiger partial charge in [0.1, 0.15) is 11.3 Å². The number of imidazole rings is 1. The lowest BCUT2D eigenvalue weighted by atomic mass is 10.1. The zero-order valence-corrected chi connectivity index (χ0v) is 14.5. The Labute approximate surface area is 151 Å². The summed E-state index contributed by atoms with van der Waals surface area (Å²) in [7, 11) is 0. The number of nitrogens with one attached hydrogen (secondary N) is 1. The molecule has 1 aliphatic rings. The Balaban J connectivity index is 1.27. The van der Waals surface area contributed by atoms with Crippen LogP contribution in [0.5, 0.6) is 0 Å². The summed E-state index contributed by atoms with van der Waals surface area (Å²) in [4.78, 5) is 16.3. The van der Waals surface area contributed by atoms with Crippen molar-refractivity contribution < 1.29 is 14.3 Å². The van der Waals surface area contributed by atoms with E-state index in [2.05, 4.69) is 10.3 Å². The van der Waals surface area contributed by atoms with E-state index in [9.17, 15) is 9.90 Å². The van der Waals surface area contributed by atoms with Gasteiger partial charge in [0.15, 0.2) is 0 Å². The van der Waals surface area contributed by atoms with Crippen LogP contribution in [0.3, 0.4) is 0 Å². The van der Waals surface area contributed by atoms with Crippen LogP contribution >= 0.6 is 0 Å². The van der Waals surface area contributed by atoms with Crippen LogP contribution in [-0.2, 0) is 17.8 Å². The van der Waals surface area contributed by atoms with Gasteiger partial charge in [0.2, 0.25) is 5.91 Å². The highest BCUT2D eigenvalue weighted by Gasteiger charge is 2.33. The Hall–Kier alpha value is -2.60. The number of hydrogen-bond donors (Lipinski definition) is 2. The van der Waals surface area contributed by atoms with E-state index in [0.717, 1.165) is 29.7 Å². The fraction of sp³-hybridized carbons (Fsp3) is 0.400. The van der Waals surface area contributed by atoms with Gasteiger partial charge in [0, 0.05) is 37.2 Å². The minimum atomic E-state index is -0.487. The predicted molar refractivity (Wildman–Crippen MR) is 97.4 cm³/mol. The second kappa shape index (κ2) is 7.33. The summed E-state index contributed by atoms with van der Waals surface area (Å²) in [6, 6.07) is 9.63. The zero-order valence-electron chi connectivity index (χ0n) is 14.5. The number of aryl methyl sites for hydroxylation is 1. The number of benzene rings is 1. The molecule has 2 aromatic heterocycles. The number of rotatable bonds is 6. The van der Waals surface area contributed by atoms with E-state index >= 15 is 0 Å². The van der Waals surface area contributed by atoms with E-state index in [-0.39, 0.29) is 11.9 Å². The number of aromatic nitrogens is 2. The summed E-state index contributed by atoms with van der Waals surface area (Å²) in [6.07, 6.45) is 7.37. The van der Waals surface area contributed by atoms with E-state index in [1.165, 1.54) is 0 Å². The molecule has 1 aromatic carbocycles. The standard InChI is InChI=1S/C20H23N3O3/c24-18-10-14(12-23-8-7-21-13-23)9-17(18)22-20(25)6-5-16-11-15-3-1-2-4-19(15)26-16/h1-4,7-8,11,13-14,17-18,24H,5-6,9-10,12H2,(H,22,25)/t14?,17-,18-/m1/s1. The molecule has 26 heavy (non-hydrogen) atoms. The van der Waals surface area contributed by atoms with Gasteiger partial charge in [-0.2, -0.15) is 0 Å². The molecule has 2 N–H and O–H groups in total. The van der Waals surface area contributed by atoms with Gasteiger partial charge in [0.25, 0.3) is 0 Å². The van der Waals surface area contributed by atoms with Crippen molar-refractivity contribution in [1.82, 2.24) is 14.9 Å². The van der Waals surface area contributed by atoms with Crippen molar-refractivity contribution in [1.29, 1.82) is 0 Å². The summed E-state index contributed by atoms with van der Waals surface area (Å²) in [5.41, 5.74) is 0.844. The monoisotopic (exact) mass is 353 g/mol. The third-order valence-corrected chi connectivity index (χ3v) is 5.08. The van der Waals surface area contributed by atoms with Crippen molar-refractivity contribution >= 4 is 16.9 Å². The molecule has 1 fully saturated rings. The van der Waals surface area contributed by atoms with Crippen LogP contribution < -0.4 is 5.32 Å². The molecule has 1 unspecified atom stereocenters. The summed E-state index contributed by atoms with van der Waals surface area (Å²) in [5.74, 6) is 1.11. The smallest absolute Gasteiger partial charge is 0.220 e. The zero-order chi connectivity index (χ0) is 17.9. The number of fused-ring (bicyclic) bond motifs is 1. The van der Waals surface area contributed by atoms with Crippen molar-refractivity contribution in [2.75, 3.05) is 0 Å². The van der Waals surface area contributed by atoms with Crippen LogP contribution in [0.15, 0.2) is 53.5 Å². The summed E-state index contributed by atoms with van der Waals surface area (Å²) >= 11 is 0. The number of aliphatic hydroxyl groups is 1. The molecule has 1 aliphatic carbocycles. The molecule has 3 aromatic rings. The molecule has 1 amide bonds. The Morgan fingerprint density at radius 3 is 3.04 bits per heavy atom. The fourth-order valence-electron chi connectivity index (χ4n) is 3.79. The van der Waals surface area contributed by atoms with Gasteiger partial charge in [-0.3, -0.25) is 4.79 Å². The molecular formula is C20H23N3O3. The second-order valence-electron chi connectivity index (χ2n) is 7.09. The number of aliphatic hydroxyl groups excluding tert-OH is 1. The highest BCUT2D eigenvalue weighted by Crippen LogP contribution is 2.28. The van der Waals surface area contributed by atoms with Crippen LogP contribution in [-0.4, -0.2) is 32.7 Å². The number of carbonyl (C=O) groups is 1. The predicted octanol–water partition coefficient (Wildman–Crippen LogP) is 2.52. The topological polar surface area (TPSA) is 80.3 Å². The summed E-state index contributed by atoms with van der Waals surface area (Å²) in [5, 5.41) is 14.3. The molecule has 0 bridgehead atoms. The van der Waals surface area contributed by atoms with E-state index in [1.807, 2.05) is 41.1 Å². The number of para-hydroxylation sites is 1. The Kier molecular flexibility index (Phi) is 4.75. The van der Waals surface area contributed by atoms with Gasteiger partial charge < -0.3 is 19.4 Å². The van der Waals surface area contributed by atoms with E-state index in [1.54, 1.807) is 12.5 Å². The van der Waals surface area contributed by atoms with E-state index in [0.29, 0.717) is 25.2 Å². The van der Waals surface area contributed by atoms with Crippen LogP contribution in [0.4, 0.5) is 0 Å². The first-order valence-electron chi connectivity index (χ1n) is 9.08. The molecule has 0 radical (unpaired) electrons. The van der Waals surface area contributed by atoms with Crippen molar-refractivity contribution in [2.24, 2.45) is 5.92 Å². The molecular weight excluding hydrogens is 330 g/mol. The first-order chi connectivity index (χ1) is 12.7. The highest BCUT2D eigenvalue weighted by atomic mass is 16.3. The largest absolute Gasteiger partial charge is 0.461 e. The molecule has 0 saturated heterocycles. The Morgan fingerprint density at radius 1 is 1.35 bits per heavy atom. The van der Waals surface area contributed by atoms with Gasteiger partial charge in [-0.25, -0.2) is 4.98 Å². The average molecular weight is 353 g/mol. The van der Waals surface area contributed by atoms with E-state index < -0.39 is 6.10 Å². The normalized spacial score (nSPS) is 22.7. The molecule has 136 valence electrons. The lowest BCUT2D eigenvalue weighted by Gasteiger charge is -2.16. The van der Waals surface area contributed by atoms with Crippen molar-refractivity contribution in [3.05, 3.63) is 54.8 Å². The van der Waals surface area contributed by atoms with Crippen molar-refractivity contribution in [3.8, 4) is 0 Å². The third-order valence-electron chi connectivity index (χ3n) is 5.08. The van der Waals surface area contributed by atoms with Gasteiger partial charge in [0.05, 0.1) is 18.5 Å². The first-order valence-corrected chi connectivity index (χ1v) is 9.08. The van der Waals surface area contributed by atoms with Crippen LogP contribution in [0, 0.1) is 5.92 Å². The Bertz CT molecular complexity index is 838. The van der Waals surface area contributed by atoms with Crippen LogP contribution in [0.1, 0.15) is 25.0 Å². The highest BCUT2D eigenvalue weighted by molar-refractivity contribution is 5.79. The molecule has 6 heteroatoms. The first kappa shape index (κ1) is 16.8. The number of carbonyl (C=O) groups excluding carboxylic acids is 1. The lowest BCUT2D eigenvalue weighted by molar-refractivity contribution is -0.122. The average Bonchev–Trinajstić information content (AvgIpc) is 3.34. The van der Waals surface area contributed by atoms with Crippen molar-refractivity contribution in [2.45, 2.75) is 44.4 Å². The van der Waals surface area contributed by atoms with Gasteiger partial charge in [-0.1, -0.05) is 18.2 Å². The van der Waals surface area contributed by atoms with Gasteiger partial charge in [-0.05, 0) is 30.9 Å². The molecule has 0 aliphatic heterocycles. The molecule has 6 nitrogen and oxygen atoms in total. The summed E-state index contributed by atoms with van der Waals surface area (Å²) in [6.45, 7) is 0.822. The number of amides is 1. The second-order valence-corrected chi connectivity index (χ2v) is 7.09. The Morgan fingerprint density at radius 2 is 2.23 bits per heavy atom. The maximum atomic E-state index is 12.3. The SMILES string of the molecule is O=C(CCc1cc2ccccc2o1)N[C@@H]1CC(Cn2ccnc2)C[C@H]1O. The molecule has 0 spiro atoms. The number of furan rings is 1. The van der Waals surface area contributed by atoms with E-state index in [4.69, 9.17) is 4.42 Å². The molecule has 4 rings (SSSR count). The van der Waals surface area contributed by atoms with Crippen molar-refractivity contribution in [3.63, 3.8) is 0 Å². The van der Waals surface area contributed by atoms with Crippen LogP contribution in [0.25, 0.3) is 11.0 Å². The molecule has 3 atom stereocenters. The minimum absolute atomic E-state index is 0.0437. The lowest BCUT2D eigenvalue weighted by Crippen LogP contribution is -2.40. The van der Waals surface area contributed by atoms with Gasteiger partial charge in [-0.15, -0.1) is 0 Å². The fourth-order valence-corrected chi connectivity index (χ4v) is 3.79. The minimum Gasteiger partial charge on any atom is -0.461 e. The molecule has 2 heterocycles. The molecule has 1 saturated carbocycles. The number of nitrogens with zero attached hydrogens (tertiary/aromatic N) is 2. The quantitative estimate of drug-likeness (QED) is 0.714. The number of hydrogen-bond acceptors (Lipinski definition) is 4. The van der Waals surface area contributed by atoms with Gasteiger partial charge >= 0.3 is 0 Å². The maximum absolute atomic E-state index is 12.3. The van der Waals surface area contributed by atoms with Crippen LogP contribution in [0.2, 0.25) is 0 Å². The summed E-state index contributed by atoms with van der Waals surface area (Å²) < 4.78 is 7.76.